The highest BCUT2D eigenvalue weighted by atomic mass is 32.1. The van der Waals surface area contributed by atoms with E-state index in [1.165, 1.54) is 0 Å². The fourth-order valence-corrected chi connectivity index (χ4v) is 2.56. The Morgan fingerprint density at radius 1 is 1.58 bits per heavy atom. The van der Waals surface area contributed by atoms with Gasteiger partial charge in [-0.25, -0.2) is 4.79 Å². The van der Waals surface area contributed by atoms with Crippen LogP contribution in [0.5, 0.6) is 0 Å². The zero-order valence-corrected chi connectivity index (χ0v) is 10.0. The van der Waals surface area contributed by atoms with Crippen LogP contribution in [-0.4, -0.2) is 20.9 Å². The molecule has 0 aromatic carbocycles. The Morgan fingerprint density at radius 2 is 2.26 bits per heavy atom. The van der Waals surface area contributed by atoms with E-state index in [0.717, 1.165) is 10.7 Å². The minimum Gasteiger partial charge on any atom is -0.477 e. The van der Waals surface area contributed by atoms with E-state index < -0.39 is 17.8 Å². The van der Waals surface area contributed by atoms with Gasteiger partial charge in [0.2, 0.25) is 0 Å². The molecule has 0 aliphatic heterocycles. The minimum absolute atomic E-state index is 0.00557. The second kappa shape index (κ2) is 4.55. The van der Waals surface area contributed by atoms with E-state index in [2.05, 4.69) is 5.10 Å². The van der Waals surface area contributed by atoms with E-state index in [4.69, 9.17) is 10.4 Å². The molecule has 0 aliphatic rings. The van der Waals surface area contributed by atoms with Crippen molar-refractivity contribution in [1.29, 1.82) is 5.26 Å². The van der Waals surface area contributed by atoms with Crippen LogP contribution in [0.1, 0.15) is 21.8 Å². The Hall–Kier alpha value is -2.08. The zero-order chi connectivity index (χ0) is 14.2. The lowest BCUT2D eigenvalue weighted by atomic mass is 10.3. The van der Waals surface area contributed by atoms with Crippen LogP contribution in [0.2, 0.25) is 0 Å². The number of aromatic carboxylic acids is 1. The van der Waals surface area contributed by atoms with Crippen LogP contribution in [0.3, 0.4) is 0 Å². The zero-order valence-electron chi connectivity index (χ0n) is 9.23. The third kappa shape index (κ3) is 2.39. The largest absolute Gasteiger partial charge is 0.477 e. The molecule has 0 bridgehead atoms. The molecule has 2 aromatic rings. The SMILES string of the molecule is N#CCCn1nc(C(F)(F)F)c2cc(C(=O)O)sc21. The summed E-state index contributed by atoms with van der Waals surface area (Å²) in [6.45, 7) is -0.0113. The van der Waals surface area contributed by atoms with Gasteiger partial charge in [0.1, 0.15) is 9.71 Å². The first-order chi connectivity index (χ1) is 8.84. The van der Waals surface area contributed by atoms with Crippen LogP contribution in [-0.2, 0) is 12.7 Å². The van der Waals surface area contributed by atoms with E-state index in [1.54, 1.807) is 6.07 Å². The summed E-state index contributed by atoms with van der Waals surface area (Å²) in [6.07, 6.45) is -4.67. The molecule has 2 aromatic heterocycles. The number of alkyl halides is 3. The Kier molecular flexibility index (Phi) is 3.20. The molecular formula is C10H6F3N3O2S. The Balaban J connectivity index is 2.63. The third-order valence-corrected chi connectivity index (χ3v) is 3.47. The van der Waals surface area contributed by atoms with Crippen molar-refractivity contribution < 1.29 is 23.1 Å². The molecule has 0 saturated heterocycles. The number of carbonyl (C=O) groups is 1. The average Bonchev–Trinajstić information content (AvgIpc) is 2.83. The summed E-state index contributed by atoms with van der Waals surface area (Å²) >= 11 is 0.711. The molecule has 100 valence electrons. The number of hydrogen-bond acceptors (Lipinski definition) is 4. The number of fused-ring (bicyclic) bond motifs is 1. The molecule has 0 fully saturated rings. The topological polar surface area (TPSA) is 78.9 Å². The number of aromatic nitrogens is 2. The van der Waals surface area contributed by atoms with Crippen LogP contribution < -0.4 is 0 Å². The second-order valence-electron chi connectivity index (χ2n) is 3.61. The number of hydrogen-bond donors (Lipinski definition) is 1. The van der Waals surface area contributed by atoms with Crippen LogP contribution in [0.15, 0.2) is 6.07 Å². The first-order valence-corrected chi connectivity index (χ1v) is 5.84. The highest BCUT2D eigenvalue weighted by Crippen LogP contribution is 2.37. The molecule has 2 heterocycles. The predicted molar refractivity (Wildman–Crippen MR) is 59.8 cm³/mol. The van der Waals surface area contributed by atoms with Gasteiger partial charge in [0.15, 0.2) is 5.69 Å². The van der Waals surface area contributed by atoms with E-state index in [0.29, 0.717) is 11.3 Å². The average molecular weight is 289 g/mol. The van der Waals surface area contributed by atoms with Crippen molar-refractivity contribution in [1.82, 2.24) is 9.78 Å². The monoisotopic (exact) mass is 289 g/mol. The molecule has 9 heteroatoms. The van der Waals surface area contributed by atoms with Crippen LogP contribution in [0.4, 0.5) is 13.2 Å². The van der Waals surface area contributed by atoms with Crippen LogP contribution in [0, 0.1) is 11.3 Å². The molecule has 2 rings (SSSR count). The summed E-state index contributed by atoms with van der Waals surface area (Å²) in [4.78, 5) is 10.7. The Bertz CT molecular complexity index is 681. The number of carboxylic acid groups (broad SMARTS) is 1. The standard InChI is InChI=1S/C10H6F3N3O2S/c11-10(12,13)7-5-4-6(9(17)18)19-8(5)16(15-7)3-1-2-14/h4H,1,3H2,(H,17,18). The van der Waals surface area contributed by atoms with Crippen molar-refractivity contribution in [3.63, 3.8) is 0 Å². The quantitative estimate of drug-likeness (QED) is 0.942. The van der Waals surface area contributed by atoms with Gasteiger partial charge in [-0.05, 0) is 6.07 Å². The summed E-state index contributed by atoms with van der Waals surface area (Å²) < 4.78 is 39.4. The Labute approximate surface area is 108 Å². The van der Waals surface area contributed by atoms with E-state index >= 15 is 0 Å². The van der Waals surface area contributed by atoms with Gasteiger partial charge in [0, 0.05) is 5.39 Å². The molecule has 0 atom stereocenters. The number of carboxylic acids is 1. The van der Waals surface area contributed by atoms with Crippen molar-refractivity contribution in [3.8, 4) is 6.07 Å². The summed E-state index contributed by atoms with van der Waals surface area (Å²) in [7, 11) is 0. The summed E-state index contributed by atoms with van der Waals surface area (Å²) in [5.74, 6) is -1.29. The molecule has 1 N–H and O–H groups in total. The molecule has 0 saturated carbocycles. The van der Waals surface area contributed by atoms with Gasteiger partial charge in [-0.15, -0.1) is 11.3 Å². The highest BCUT2D eigenvalue weighted by Gasteiger charge is 2.37. The first kappa shape index (κ1) is 13.4. The number of nitriles is 1. The van der Waals surface area contributed by atoms with Crippen LogP contribution >= 0.6 is 11.3 Å². The minimum atomic E-state index is -4.66. The maximum atomic E-state index is 12.8. The van der Waals surface area contributed by atoms with Gasteiger partial charge < -0.3 is 5.11 Å². The van der Waals surface area contributed by atoms with E-state index in [9.17, 15) is 18.0 Å². The van der Waals surface area contributed by atoms with E-state index in [1.807, 2.05) is 0 Å². The molecule has 0 radical (unpaired) electrons. The van der Waals surface area contributed by atoms with Crippen molar-refractivity contribution in [3.05, 3.63) is 16.6 Å². The molecule has 5 nitrogen and oxygen atoms in total. The maximum Gasteiger partial charge on any atom is 0.435 e. The van der Waals surface area contributed by atoms with Gasteiger partial charge in [-0.2, -0.15) is 23.5 Å². The number of rotatable bonds is 3. The Morgan fingerprint density at radius 3 is 2.79 bits per heavy atom. The lowest BCUT2D eigenvalue weighted by Crippen LogP contribution is -2.08. The number of halogens is 3. The molecule has 0 unspecified atom stereocenters. The summed E-state index contributed by atoms with van der Waals surface area (Å²) in [5, 5.41) is 20.4. The lowest BCUT2D eigenvalue weighted by Gasteiger charge is -2.01. The van der Waals surface area contributed by atoms with Gasteiger partial charge in [-0.3, -0.25) is 4.68 Å². The lowest BCUT2D eigenvalue weighted by molar-refractivity contribution is -0.140. The van der Waals surface area contributed by atoms with Crippen molar-refractivity contribution in [2.45, 2.75) is 19.1 Å². The molecule has 19 heavy (non-hydrogen) atoms. The third-order valence-electron chi connectivity index (χ3n) is 2.34. The van der Waals surface area contributed by atoms with Gasteiger partial charge in [-0.1, -0.05) is 0 Å². The highest BCUT2D eigenvalue weighted by molar-refractivity contribution is 7.20. The summed E-state index contributed by atoms with van der Waals surface area (Å²) in [6, 6.07) is 2.76. The van der Waals surface area contributed by atoms with Gasteiger partial charge in [0.05, 0.1) is 19.0 Å². The fourth-order valence-electron chi connectivity index (χ4n) is 1.59. The summed E-state index contributed by atoms with van der Waals surface area (Å²) in [5.41, 5.74) is -1.12. The smallest absolute Gasteiger partial charge is 0.435 e. The predicted octanol–water partition coefficient (Wildman–Crippen LogP) is 2.73. The maximum absolute atomic E-state index is 12.8. The first-order valence-electron chi connectivity index (χ1n) is 5.02. The van der Waals surface area contributed by atoms with Crippen molar-refractivity contribution >= 4 is 27.5 Å². The molecule has 0 amide bonds. The van der Waals surface area contributed by atoms with Gasteiger partial charge in [0.25, 0.3) is 0 Å². The number of nitrogens with zero attached hydrogens (tertiary/aromatic N) is 3. The number of thiophene rings is 1. The molecule has 0 spiro atoms. The van der Waals surface area contributed by atoms with Crippen molar-refractivity contribution in [2.75, 3.05) is 0 Å². The normalized spacial score (nSPS) is 11.7. The van der Waals surface area contributed by atoms with Crippen molar-refractivity contribution in [2.24, 2.45) is 0 Å². The van der Waals surface area contributed by atoms with Crippen LogP contribution in [0.25, 0.3) is 10.2 Å². The fraction of sp³-hybridized carbons (Fsp3) is 0.300. The second-order valence-corrected chi connectivity index (χ2v) is 4.64. The molecule has 0 aliphatic carbocycles. The number of aryl methyl sites for hydroxylation is 1. The van der Waals surface area contributed by atoms with Gasteiger partial charge >= 0.3 is 12.1 Å². The van der Waals surface area contributed by atoms with E-state index in [-0.39, 0.29) is 28.1 Å². The molecular weight excluding hydrogens is 283 g/mol.